The first-order chi connectivity index (χ1) is 6.65. The standard InChI is InChI=1S/C9H15N3O2/c1-3-4-8-11-10-7(2)12(8)6-5-9(13)14/h3-6H2,1-2H3,(H,13,14). The minimum atomic E-state index is -0.791. The molecule has 0 saturated carbocycles. The van der Waals surface area contributed by atoms with Crippen molar-refractivity contribution in [1.29, 1.82) is 0 Å². The van der Waals surface area contributed by atoms with Crippen LogP contribution in [-0.4, -0.2) is 25.8 Å². The van der Waals surface area contributed by atoms with Crippen LogP contribution in [0, 0.1) is 6.92 Å². The van der Waals surface area contributed by atoms with Gasteiger partial charge < -0.3 is 9.67 Å². The molecule has 1 aromatic heterocycles. The molecular formula is C9H15N3O2. The SMILES string of the molecule is CCCc1nnc(C)n1CCC(=O)O. The van der Waals surface area contributed by atoms with Crippen molar-refractivity contribution in [1.82, 2.24) is 14.8 Å². The largest absolute Gasteiger partial charge is 0.481 e. The van der Waals surface area contributed by atoms with E-state index in [0.717, 1.165) is 24.5 Å². The van der Waals surface area contributed by atoms with Gasteiger partial charge in [0.2, 0.25) is 0 Å². The minimum Gasteiger partial charge on any atom is -0.481 e. The van der Waals surface area contributed by atoms with Crippen molar-refractivity contribution < 1.29 is 9.90 Å². The predicted octanol–water partition coefficient (Wildman–Crippen LogP) is 1.01. The predicted molar refractivity (Wildman–Crippen MR) is 51.0 cm³/mol. The van der Waals surface area contributed by atoms with Gasteiger partial charge in [0.15, 0.2) is 0 Å². The first-order valence-corrected chi connectivity index (χ1v) is 4.75. The van der Waals surface area contributed by atoms with E-state index >= 15 is 0 Å². The number of nitrogens with zero attached hydrogens (tertiary/aromatic N) is 3. The van der Waals surface area contributed by atoms with Crippen molar-refractivity contribution >= 4 is 5.97 Å². The van der Waals surface area contributed by atoms with Gasteiger partial charge in [0.1, 0.15) is 11.6 Å². The van der Waals surface area contributed by atoms with Gasteiger partial charge in [-0.15, -0.1) is 10.2 Å². The average Bonchev–Trinajstić information content (AvgIpc) is 2.45. The molecule has 0 amide bonds. The molecule has 0 aromatic carbocycles. The molecule has 0 radical (unpaired) electrons. The van der Waals surface area contributed by atoms with E-state index in [1.54, 1.807) is 0 Å². The van der Waals surface area contributed by atoms with E-state index in [1.165, 1.54) is 0 Å². The Morgan fingerprint density at radius 2 is 2.21 bits per heavy atom. The van der Waals surface area contributed by atoms with Crippen molar-refractivity contribution in [2.24, 2.45) is 0 Å². The van der Waals surface area contributed by atoms with Crippen molar-refractivity contribution in [3.63, 3.8) is 0 Å². The zero-order chi connectivity index (χ0) is 10.6. The van der Waals surface area contributed by atoms with E-state index in [2.05, 4.69) is 17.1 Å². The first kappa shape index (κ1) is 10.7. The Labute approximate surface area is 82.8 Å². The van der Waals surface area contributed by atoms with E-state index in [1.807, 2.05) is 11.5 Å². The quantitative estimate of drug-likeness (QED) is 0.765. The van der Waals surface area contributed by atoms with Crippen LogP contribution in [0.1, 0.15) is 31.4 Å². The third kappa shape index (κ3) is 2.55. The lowest BCUT2D eigenvalue weighted by Gasteiger charge is -2.05. The summed E-state index contributed by atoms with van der Waals surface area (Å²) < 4.78 is 1.87. The number of hydrogen-bond donors (Lipinski definition) is 1. The van der Waals surface area contributed by atoms with Gasteiger partial charge in [-0.2, -0.15) is 0 Å². The van der Waals surface area contributed by atoms with Gasteiger partial charge in [-0.1, -0.05) is 6.92 Å². The summed E-state index contributed by atoms with van der Waals surface area (Å²) in [6, 6.07) is 0. The zero-order valence-electron chi connectivity index (χ0n) is 8.53. The zero-order valence-corrected chi connectivity index (χ0v) is 8.53. The van der Waals surface area contributed by atoms with Crippen molar-refractivity contribution in [2.75, 3.05) is 0 Å². The molecule has 1 rings (SSSR count). The highest BCUT2D eigenvalue weighted by molar-refractivity contribution is 5.66. The second kappa shape index (κ2) is 4.74. The maximum Gasteiger partial charge on any atom is 0.305 e. The third-order valence-electron chi connectivity index (χ3n) is 2.04. The Morgan fingerprint density at radius 3 is 2.79 bits per heavy atom. The molecule has 0 unspecified atom stereocenters. The monoisotopic (exact) mass is 197 g/mol. The molecule has 1 N–H and O–H groups in total. The number of hydrogen-bond acceptors (Lipinski definition) is 3. The molecular weight excluding hydrogens is 182 g/mol. The van der Waals surface area contributed by atoms with Crippen LogP contribution < -0.4 is 0 Å². The number of aliphatic carboxylic acids is 1. The molecule has 0 spiro atoms. The minimum absolute atomic E-state index is 0.121. The van der Waals surface area contributed by atoms with Gasteiger partial charge >= 0.3 is 5.97 Å². The molecule has 0 saturated heterocycles. The van der Waals surface area contributed by atoms with E-state index in [-0.39, 0.29) is 6.42 Å². The molecule has 14 heavy (non-hydrogen) atoms. The highest BCUT2D eigenvalue weighted by Crippen LogP contribution is 2.05. The Hall–Kier alpha value is -1.39. The van der Waals surface area contributed by atoms with Crippen LogP contribution >= 0.6 is 0 Å². The molecule has 0 atom stereocenters. The van der Waals surface area contributed by atoms with Crippen molar-refractivity contribution in [3.8, 4) is 0 Å². The van der Waals surface area contributed by atoms with Crippen molar-refractivity contribution in [3.05, 3.63) is 11.6 Å². The lowest BCUT2D eigenvalue weighted by Crippen LogP contribution is -2.09. The van der Waals surface area contributed by atoms with Crippen LogP contribution in [0.25, 0.3) is 0 Å². The fraction of sp³-hybridized carbons (Fsp3) is 0.667. The summed E-state index contributed by atoms with van der Waals surface area (Å²) in [5.41, 5.74) is 0. The summed E-state index contributed by atoms with van der Waals surface area (Å²) in [7, 11) is 0. The van der Waals surface area contributed by atoms with Crippen molar-refractivity contribution in [2.45, 2.75) is 39.7 Å². The summed E-state index contributed by atoms with van der Waals surface area (Å²) in [5, 5.41) is 16.5. The van der Waals surface area contributed by atoms with Crippen LogP contribution in [0.2, 0.25) is 0 Å². The van der Waals surface area contributed by atoms with Crippen LogP contribution in [0.5, 0.6) is 0 Å². The number of aromatic nitrogens is 3. The van der Waals surface area contributed by atoms with E-state index in [9.17, 15) is 4.79 Å². The number of aryl methyl sites for hydroxylation is 2. The second-order valence-electron chi connectivity index (χ2n) is 3.21. The van der Waals surface area contributed by atoms with E-state index in [0.29, 0.717) is 6.54 Å². The molecule has 0 bridgehead atoms. The second-order valence-corrected chi connectivity index (χ2v) is 3.21. The Balaban J connectivity index is 2.71. The maximum absolute atomic E-state index is 10.4. The number of rotatable bonds is 5. The van der Waals surface area contributed by atoms with E-state index in [4.69, 9.17) is 5.11 Å². The summed E-state index contributed by atoms with van der Waals surface area (Å²) in [6.45, 7) is 4.36. The lowest BCUT2D eigenvalue weighted by atomic mass is 10.3. The first-order valence-electron chi connectivity index (χ1n) is 4.75. The van der Waals surface area contributed by atoms with Gasteiger partial charge in [-0.3, -0.25) is 4.79 Å². The highest BCUT2D eigenvalue weighted by Gasteiger charge is 2.08. The third-order valence-corrected chi connectivity index (χ3v) is 2.04. The smallest absolute Gasteiger partial charge is 0.305 e. The average molecular weight is 197 g/mol. The fourth-order valence-corrected chi connectivity index (χ4v) is 1.33. The summed E-state index contributed by atoms with van der Waals surface area (Å²) >= 11 is 0. The van der Waals surface area contributed by atoms with E-state index < -0.39 is 5.97 Å². The fourth-order valence-electron chi connectivity index (χ4n) is 1.33. The highest BCUT2D eigenvalue weighted by atomic mass is 16.4. The van der Waals surface area contributed by atoms with Gasteiger partial charge in [0.05, 0.1) is 6.42 Å². The Morgan fingerprint density at radius 1 is 1.50 bits per heavy atom. The summed E-state index contributed by atoms with van der Waals surface area (Å²) in [6.07, 6.45) is 1.96. The normalized spacial score (nSPS) is 10.4. The maximum atomic E-state index is 10.4. The molecule has 5 nitrogen and oxygen atoms in total. The Bertz CT molecular complexity index is 320. The Kier molecular flexibility index (Phi) is 3.62. The molecule has 1 aromatic rings. The van der Waals surface area contributed by atoms with Gasteiger partial charge in [0, 0.05) is 13.0 Å². The van der Waals surface area contributed by atoms with Gasteiger partial charge in [-0.05, 0) is 13.3 Å². The lowest BCUT2D eigenvalue weighted by molar-refractivity contribution is -0.137. The molecule has 0 aliphatic rings. The van der Waals surface area contributed by atoms with Crippen LogP contribution in [0.15, 0.2) is 0 Å². The number of carboxylic acids is 1. The molecule has 5 heteroatoms. The number of carboxylic acid groups (broad SMARTS) is 1. The molecule has 0 fully saturated rings. The molecule has 1 heterocycles. The van der Waals surface area contributed by atoms with Crippen LogP contribution in [-0.2, 0) is 17.8 Å². The number of carbonyl (C=O) groups is 1. The molecule has 78 valence electrons. The summed E-state index contributed by atoms with van der Waals surface area (Å²) in [5.74, 6) is 0.876. The van der Waals surface area contributed by atoms with Gasteiger partial charge in [-0.25, -0.2) is 0 Å². The topological polar surface area (TPSA) is 68.0 Å². The summed E-state index contributed by atoms with van der Waals surface area (Å²) in [4.78, 5) is 10.4. The van der Waals surface area contributed by atoms with Gasteiger partial charge in [0.25, 0.3) is 0 Å². The molecule has 0 aliphatic carbocycles. The van der Waals surface area contributed by atoms with Crippen LogP contribution in [0.4, 0.5) is 0 Å². The van der Waals surface area contributed by atoms with Crippen LogP contribution in [0.3, 0.4) is 0 Å². The molecule has 0 aliphatic heterocycles.